The van der Waals surface area contributed by atoms with Gasteiger partial charge in [-0.1, -0.05) is 23.2 Å². The maximum absolute atomic E-state index is 12.0. The number of nitrogens with one attached hydrogen (secondary N) is 1. The first kappa shape index (κ1) is 14.0. The first-order valence-corrected chi connectivity index (χ1v) is 6.46. The Hall–Kier alpha value is -1.46. The van der Waals surface area contributed by atoms with E-state index in [1.54, 1.807) is 11.9 Å². The van der Waals surface area contributed by atoms with Gasteiger partial charge < -0.3 is 16.0 Å². The quantitative estimate of drug-likeness (QED) is 0.814. The number of carbonyl (C=O) groups is 2. The number of amides is 2. The van der Waals surface area contributed by atoms with Crippen LogP contribution in [0.1, 0.15) is 16.8 Å². The second-order valence-corrected chi connectivity index (χ2v) is 5.22. The second-order valence-electron chi connectivity index (χ2n) is 4.44. The highest BCUT2D eigenvalue weighted by Gasteiger charge is 2.30. The van der Waals surface area contributed by atoms with E-state index in [1.807, 2.05) is 0 Å². The summed E-state index contributed by atoms with van der Waals surface area (Å²) in [5, 5.41) is 3.09. The molecule has 102 valence electrons. The molecule has 1 unspecified atom stereocenters. The van der Waals surface area contributed by atoms with E-state index in [9.17, 15) is 9.59 Å². The number of hydrogen-bond acceptors (Lipinski definition) is 3. The Morgan fingerprint density at radius 1 is 1.47 bits per heavy atom. The van der Waals surface area contributed by atoms with Gasteiger partial charge in [-0.25, -0.2) is 0 Å². The van der Waals surface area contributed by atoms with Crippen molar-refractivity contribution in [1.29, 1.82) is 0 Å². The van der Waals surface area contributed by atoms with Crippen LogP contribution in [0.4, 0.5) is 5.69 Å². The summed E-state index contributed by atoms with van der Waals surface area (Å²) < 4.78 is 0. The Bertz CT molecular complexity index is 525. The number of halogens is 2. The third-order valence-electron chi connectivity index (χ3n) is 3.05. The van der Waals surface area contributed by atoms with E-state index >= 15 is 0 Å². The van der Waals surface area contributed by atoms with Crippen LogP contribution in [0.2, 0.25) is 10.0 Å². The van der Waals surface area contributed by atoms with Crippen molar-refractivity contribution in [3.8, 4) is 0 Å². The number of benzene rings is 1. The van der Waals surface area contributed by atoms with Gasteiger partial charge in [0.2, 0.25) is 5.91 Å². The van der Waals surface area contributed by atoms with Crippen molar-refractivity contribution in [2.45, 2.75) is 12.5 Å². The molecule has 5 nitrogen and oxygen atoms in total. The van der Waals surface area contributed by atoms with Crippen LogP contribution >= 0.6 is 23.2 Å². The molecule has 3 N–H and O–H groups in total. The summed E-state index contributed by atoms with van der Waals surface area (Å²) in [6.07, 6.45) is 0.595. The number of carbonyl (C=O) groups excluding carboxylic acids is 2. The van der Waals surface area contributed by atoms with Crippen molar-refractivity contribution in [3.63, 3.8) is 0 Å². The largest absolute Gasteiger partial charge is 0.397 e. The molecule has 7 heteroatoms. The Morgan fingerprint density at radius 3 is 2.68 bits per heavy atom. The van der Waals surface area contributed by atoms with Crippen LogP contribution in [-0.4, -0.2) is 36.3 Å². The molecule has 1 aliphatic rings. The average molecular weight is 302 g/mol. The zero-order chi connectivity index (χ0) is 14.2. The van der Waals surface area contributed by atoms with Gasteiger partial charge in [-0.3, -0.25) is 9.59 Å². The highest BCUT2D eigenvalue weighted by molar-refractivity contribution is 6.43. The molecule has 2 amide bonds. The van der Waals surface area contributed by atoms with Gasteiger partial charge in [0.25, 0.3) is 5.91 Å². The van der Waals surface area contributed by atoms with Gasteiger partial charge in [0.05, 0.1) is 15.7 Å². The van der Waals surface area contributed by atoms with Gasteiger partial charge in [0, 0.05) is 19.2 Å². The van der Waals surface area contributed by atoms with Gasteiger partial charge in [0.1, 0.15) is 6.04 Å². The van der Waals surface area contributed by atoms with Crippen LogP contribution in [0, 0.1) is 0 Å². The lowest BCUT2D eigenvalue weighted by Gasteiger charge is -2.13. The summed E-state index contributed by atoms with van der Waals surface area (Å²) in [5.41, 5.74) is 6.16. The number of rotatable bonds is 2. The molecule has 0 bridgehead atoms. The number of anilines is 1. The number of hydrogen-bond donors (Lipinski definition) is 2. The standard InChI is InChI=1S/C12H13Cl2N3O2/c1-17-3-2-9(12(17)19)16-11(18)6-4-7(13)10(14)8(15)5-6/h4-5,9H,2-3,15H2,1H3,(H,16,18). The Morgan fingerprint density at radius 2 is 2.16 bits per heavy atom. The van der Waals surface area contributed by atoms with Gasteiger partial charge in [-0.05, 0) is 18.6 Å². The molecule has 1 saturated heterocycles. The maximum Gasteiger partial charge on any atom is 0.252 e. The highest BCUT2D eigenvalue weighted by Crippen LogP contribution is 2.29. The molecule has 1 aromatic carbocycles. The van der Waals surface area contributed by atoms with E-state index in [4.69, 9.17) is 28.9 Å². The SMILES string of the molecule is CN1CCC(NC(=O)c2cc(N)c(Cl)c(Cl)c2)C1=O. The maximum atomic E-state index is 12.0. The van der Waals surface area contributed by atoms with Gasteiger partial charge in [0.15, 0.2) is 0 Å². The molecule has 1 heterocycles. The fraction of sp³-hybridized carbons (Fsp3) is 0.333. The number of likely N-dealkylation sites (N-methyl/N-ethyl adjacent to an activating group) is 1. The molecule has 1 atom stereocenters. The van der Waals surface area contributed by atoms with Crippen LogP contribution in [0.5, 0.6) is 0 Å². The summed E-state index contributed by atoms with van der Waals surface area (Å²) in [6.45, 7) is 0.632. The van der Waals surface area contributed by atoms with Crippen molar-refractivity contribution < 1.29 is 9.59 Å². The third kappa shape index (κ3) is 2.77. The van der Waals surface area contributed by atoms with Gasteiger partial charge in [-0.15, -0.1) is 0 Å². The summed E-state index contributed by atoms with van der Waals surface area (Å²) in [6, 6.07) is 2.37. The lowest BCUT2D eigenvalue weighted by molar-refractivity contribution is -0.128. The number of nitrogens with two attached hydrogens (primary N) is 1. The predicted molar refractivity (Wildman–Crippen MR) is 74.4 cm³/mol. The summed E-state index contributed by atoms with van der Waals surface area (Å²) in [7, 11) is 1.70. The van der Waals surface area contributed by atoms with Crippen LogP contribution in [0.3, 0.4) is 0 Å². The highest BCUT2D eigenvalue weighted by atomic mass is 35.5. The van der Waals surface area contributed by atoms with Crippen molar-refractivity contribution >= 4 is 40.7 Å². The normalized spacial score (nSPS) is 18.8. The Labute approximate surface area is 120 Å². The molecule has 1 aliphatic heterocycles. The molecule has 1 fully saturated rings. The monoisotopic (exact) mass is 301 g/mol. The lowest BCUT2D eigenvalue weighted by Crippen LogP contribution is -2.40. The zero-order valence-electron chi connectivity index (χ0n) is 10.2. The van der Waals surface area contributed by atoms with E-state index in [1.165, 1.54) is 12.1 Å². The molecular formula is C12H13Cl2N3O2. The summed E-state index contributed by atoms with van der Waals surface area (Å²) >= 11 is 11.7. The van der Waals surface area contributed by atoms with E-state index in [2.05, 4.69) is 5.32 Å². The van der Waals surface area contributed by atoms with Crippen molar-refractivity contribution in [3.05, 3.63) is 27.7 Å². The molecule has 1 aromatic rings. The van der Waals surface area contributed by atoms with Crippen LogP contribution in [0.25, 0.3) is 0 Å². The summed E-state index contributed by atoms with van der Waals surface area (Å²) in [4.78, 5) is 25.3. The van der Waals surface area contributed by atoms with Crippen molar-refractivity contribution in [1.82, 2.24) is 10.2 Å². The van der Waals surface area contributed by atoms with Crippen LogP contribution in [-0.2, 0) is 4.79 Å². The number of nitrogens with zero attached hydrogens (tertiary/aromatic N) is 1. The third-order valence-corrected chi connectivity index (χ3v) is 3.87. The number of nitrogen functional groups attached to an aromatic ring is 1. The van der Waals surface area contributed by atoms with Gasteiger partial charge >= 0.3 is 0 Å². The topological polar surface area (TPSA) is 75.4 Å². The molecule has 2 rings (SSSR count). The van der Waals surface area contributed by atoms with Crippen LogP contribution in [0.15, 0.2) is 12.1 Å². The first-order valence-electron chi connectivity index (χ1n) is 5.70. The Balaban J connectivity index is 2.15. The second kappa shape index (κ2) is 5.27. The van der Waals surface area contributed by atoms with Crippen molar-refractivity contribution in [2.75, 3.05) is 19.3 Å². The first-order chi connectivity index (χ1) is 8.90. The smallest absolute Gasteiger partial charge is 0.252 e. The zero-order valence-corrected chi connectivity index (χ0v) is 11.8. The molecule has 0 aliphatic carbocycles. The van der Waals surface area contributed by atoms with Gasteiger partial charge in [-0.2, -0.15) is 0 Å². The summed E-state index contributed by atoms with van der Waals surface area (Å²) in [5.74, 6) is -0.486. The minimum atomic E-state index is -0.492. The lowest BCUT2D eigenvalue weighted by atomic mass is 10.1. The van der Waals surface area contributed by atoms with Crippen molar-refractivity contribution in [2.24, 2.45) is 0 Å². The Kier molecular flexibility index (Phi) is 3.87. The molecule has 0 aromatic heterocycles. The fourth-order valence-electron chi connectivity index (χ4n) is 1.94. The molecule has 0 spiro atoms. The van der Waals surface area contributed by atoms with E-state index in [-0.39, 0.29) is 33.1 Å². The minimum Gasteiger partial charge on any atom is -0.397 e. The number of likely N-dealkylation sites (tertiary alicyclic amines) is 1. The van der Waals surface area contributed by atoms with E-state index in [0.29, 0.717) is 13.0 Å². The molecule has 0 radical (unpaired) electrons. The minimum absolute atomic E-state index is 0.0959. The molecule has 19 heavy (non-hydrogen) atoms. The predicted octanol–water partition coefficient (Wildman–Crippen LogP) is 1.54. The average Bonchev–Trinajstić information content (AvgIpc) is 2.67. The van der Waals surface area contributed by atoms with E-state index in [0.717, 1.165) is 0 Å². The fourth-order valence-corrected chi connectivity index (χ4v) is 2.28. The molecular weight excluding hydrogens is 289 g/mol. The van der Waals surface area contributed by atoms with E-state index < -0.39 is 6.04 Å². The van der Waals surface area contributed by atoms with Crippen LogP contribution < -0.4 is 11.1 Å². The molecule has 0 saturated carbocycles.